The fraction of sp³-hybridized carbons (Fsp3) is 0.538. The molecule has 1 aliphatic rings. The molecule has 0 unspecified atom stereocenters. The average Bonchev–Trinajstić information content (AvgIpc) is 2.79. The Balaban J connectivity index is 1.86. The van der Waals surface area contributed by atoms with Crippen LogP contribution >= 0.6 is 0 Å². The van der Waals surface area contributed by atoms with E-state index in [-0.39, 0.29) is 0 Å². The van der Waals surface area contributed by atoms with Gasteiger partial charge in [-0.05, 0) is 37.5 Å². The van der Waals surface area contributed by atoms with Gasteiger partial charge >= 0.3 is 0 Å². The Morgan fingerprint density at radius 1 is 1.53 bits per heavy atom. The zero-order valence-corrected chi connectivity index (χ0v) is 10.3. The van der Waals surface area contributed by atoms with Gasteiger partial charge < -0.3 is 11.1 Å². The number of aromatic nitrogens is 1. The van der Waals surface area contributed by atoms with Gasteiger partial charge in [0.1, 0.15) is 0 Å². The van der Waals surface area contributed by atoms with Crippen LogP contribution in [0.3, 0.4) is 0 Å². The Morgan fingerprint density at radius 2 is 2.29 bits per heavy atom. The van der Waals surface area contributed by atoms with Gasteiger partial charge in [-0.15, -0.1) is 0 Å². The smallest absolute Gasteiger partial charge is 0.189 e. The first-order valence-corrected chi connectivity index (χ1v) is 6.22. The van der Waals surface area contributed by atoms with E-state index in [0.29, 0.717) is 18.5 Å². The van der Waals surface area contributed by atoms with Crippen molar-refractivity contribution in [2.75, 3.05) is 0 Å². The molecule has 2 rings (SSSR count). The summed E-state index contributed by atoms with van der Waals surface area (Å²) < 4.78 is 0. The lowest BCUT2D eigenvalue weighted by molar-refractivity contribution is 0.625. The van der Waals surface area contributed by atoms with Gasteiger partial charge in [-0.3, -0.25) is 4.98 Å². The van der Waals surface area contributed by atoms with Crippen molar-refractivity contribution >= 4 is 5.96 Å². The molecule has 0 atom stereocenters. The molecule has 17 heavy (non-hydrogen) atoms. The number of nitrogens with zero attached hydrogens (tertiary/aromatic N) is 2. The van der Waals surface area contributed by atoms with Crippen molar-refractivity contribution in [1.82, 2.24) is 10.3 Å². The largest absolute Gasteiger partial charge is 0.370 e. The topological polar surface area (TPSA) is 63.3 Å². The number of aryl methyl sites for hydroxylation is 1. The molecule has 0 spiro atoms. The second-order valence-corrected chi connectivity index (χ2v) is 4.65. The Morgan fingerprint density at radius 3 is 3.00 bits per heavy atom. The summed E-state index contributed by atoms with van der Waals surface area (Å²) >= 11 is 0. The van der Waals surface area contributed by atoms with Crippen LogP contribution in [0.25, 0.3) is 0 Å². The van der Waals surface area contributed by atoms with Gasteiger partial charge in [-0.1, -0.05) is 12.8 Å². The number of nitrogens with two attached hydrogens (primary N) is 1. The van der Waals surface area contributed by atoms with Crippen LogP contribution in [0.4, 0.5) is 0 Å². The highest BCUT2D eigenvalue weighted by Gasteiger charge is 2.14. The van der Waals surface area contributed by atoms with Crippen LogP contribution in [0.5, 0.6) is 0 Å². The van der Waals surface area contributed by atoms with Crippen molar-refractivity contribution in [3.05, 3.63) is 29.6 Å². The molecule has 1 fully saturated rings. The Kier molecular flexibility index (Phi) is 3.96. The van der Waals surface area contributed by atoms with Crippen molar-refractivity contribution in [2.24, 2.45) is 10.7 Å². The molecule has 0 bridgehead atoms. The summed E-state index contributed by atoms with van der Waals surface area (Å²) in [5.74, 6) is 0.542. The van der Waals surface area contributed by atoms with Gasteiger partial charge in [0.05, 0.1) is 12.2 Å². The third kappa shape index (κ3) is 3.73. The first-order valence-electron chi connectivity index (χ1n) is 6.22. The van der Waals surface area contributed by atoms with E-state index in [1.54, 1.807) is 6.20 Å². The first kappa shape index (κ1) is 11.9. The SMILES string of the molecule is Cc1ccnc(CN=C(N)NC2CCCC2)c1. The molecule has 1 saturated carbocycles. The van der Waals surface area contributed by atoms with E-state index in [0.717, 1.165) is 5.69 Å². The Labute approximate surface area is 102 Å². The van der Waals surface area contributed by atoms with E-state index in [1.807, 2.05) is 12.1 Å². The summed E-state index contributed by atoms with van der Waals surface area (Å²) in [6, 6.07) is 4.53. The zero-order chi connectivity index (χ0) is 12.1. The van der Waals surface area contributed by atoms with Crippen molar-refractivity contribution in [2.45, 2.75) is 45.2 Å². The van der Waals surface area contributed by atoms with Gasteiger partial charge in [0.15, 0.2) is 5.96 Å². The zero-order valence-electron chi connectivity index (χ0n) is 10.3. The molecular weight excluding hydrogens is 212 g/mol. The van der Waals surface area contributed by atoms with Crippen LogP contribution < -0.4 is 11.1 Å². The molecule has 3 N–H and O–H groups in total. The van der Waals surface area contributed by atoms with Gasteiger partial charge in [0, 0.05) is 12.2 Å². The summed E-state index contributed by atoms with van der Waals surface area (Å²) in [5, 5.41) is 3.26. The lowest BCUT2D eigenvalue weighted by atomic mass is 10.2. The van der Waals surface area contributed by atoms with Crippen molar-refractivity contribution in [3.8, 4) is 0 Å². The molecule has 0 radical (unpaired) electrons. The first-order chi connectivity index (χ1) is 8.24. The van der Waals surface area contributed by atoms with Gasteiger partial charge in [0.2, 0.25) is 0 Å². The third-order valence-corrected chi connectivity index (χ3v) is 3.09. The number of hydrogen-bond donors (Lipinski definition) is 2. The minimum atomic E-state index is 0.518. The van der Waals surface area contributed by atoms with Crippen LogP contribution in [0.15, 0.2) is 23.3 Å². The van der Waals surface area contributed by atoms with Crippen molar-refractivity contribution in [1.29, 1.82) is 0 Å². The normalized spacial score (nSPS) is 17.4. The molecule has 1 aliphatic carbocycles. The van der Waals surface area contributed by atoms with Crippen molar-refractivity contribution in [3.63, 3.8) is 0 Å². The molecule has 0 aliphatic heterocycles. The molecule has 4 nitrogen and oxygen atoms in total. The maximum atomic E-state index is 5.85. The third-order valence-electron chi connectivity index (χ3n) is 3.09. The van der Waals surface area contributed by atoms with Crippen LogP contribution in [-0.4, -0.2) is 17.0 Å². The van der Waals surface area contributed by atoms with Crippen LogP contribution in [0, 0.1) is 6.92 Å². The van der Waals surface area contributed by atoms with Gasteiger partial charge in [-0.25, -0.2) is 4.99 Å². The van der Waals surface area contributed by atoms with E-state index >= 15 is 0 Å². The number of pyridine rings is 1. The molecule has 0 aromatic carbocycles. The molecule has 92 valence electrons. The van der Waals surface area contributed by atoms with Crippen LogP contribution in [0.2, 0.25) is 0 Å². The van der Waals surface area contributed by atoms with Crippen LogP contribution in [0.1, 0.15) is 36.9 Å². The van der Waals surface area contributed by atoms with Crippen LogP contribution in [-0.2, 0) is 6.54 Å². The maximum absolute atomic E-state index is 5.85. The average molecular weight is 232 g/mol. The minimum Gasteiger partial charge on any atom is -0.370 e. The number of nitrogens with one attached hydrogen (secondary N) is 1. The molecule has 0 saturated heterocycles. The quantitative estimate of drug-likeness (QED) is 0.616. The lowest BCUT2D eigenvalue weighted by Gasteiger charge is -2.12. The standard InChI is InChI=1S/C13H20N4/c1-10-6-7-15-12(8-10)9-16-13(14)17-11-4-2-3-5-11/h6-8,11H,2-5,9H2,1H3,(H3,14,16,17). The maximum Gasteiger partial charge on any atom is 0.189 e. The van der Waals surface area contributed by atoms with E-state index in [1.165, 1.54) is 31.2 Å². The summed E-state index contributed by atoms with van der Waals surface area (Å²) in [5.41, 5.74) is 8.01. The van der Waals surface area contributed by atoms with E-state index in [4.69, 9.17) is 5.73 Å². The Hall–Kier alpha value is -1.58. The second kappa shape index (κ2) is 5.66. The molecule has 1 aromatic rings. The highest BCUT2D eigenvalue weighted by molar-refractivity contribution is 5.78. The Bertz CT molecular complexity index is 394. The van der Waals surface area contributed by atoms with Gasteiger partial charge in [-0.2, -0.15) is 0 Å². The predicted molar refractivity (Wildman–Crippen MR) is 69.7 cm³/mol. The molecule has 1 heterocycles. The summed E-state index contributed by atoms with van der Waals surface area (Å²) in [4.78, 5) is 8.57. The highest BCUT2D eigenvalue weighted by Crippen LogP contribution is 2.17. The number of rotatable bonds is 3. The molecule has 0 amide bonds. The van der Waals surface area contributed by atoms with Gasteiger partial charge in [0.25, 0.3) is 0 Å². The fourth-order valence-electron chi connectivity index (χ4n) is 2.18. The van der Waals surface area contributed by atoms with E-state index in [2.05, 4.69) is 22.2 Å². The summed E-state index contributed by atoms with van der Waals surface area (Å²) in [6.07, 6.45) is 6.81. The minimum absolute atomic E-state index is 0.518. The monoisotopic (exact) mass is 232 g/mol. The van der Waals surface area contributed by atoms with Crippen molar-refractivity contribution < 1.29 is 0 Å². The number of guanidine groups is 1. The number of hydrogen-bond acceptors (Lipinski definition) is 2. The summed E-state index contributed by atoms with van der Waals surface area (Å²) in [6.45, 7) is 2.60. The van der Waals surface area contributed by atoms with E-state index in [9.17, 15) is 0 Å². The van der Waals surface area contributed by atoms with E-state index < -0.39 is 0 Å². The second-order valence-electron chi connectivity index (χ2n) is 4.65. The molecular formula is C13H20N4. The fourth-order valence-corrected chi connectivity index (χ4v) is 2.18. The highest BCUT2D eigenvalue weighted by atomic mass is 15.1. The summed E-state index contributed by atoms with van der Waals surface area (Å²) in [7, 11) is 0. The lowest BCUT2D eigenvalue weighted by Crippen LogP contribution is -2.38. The molecule has 4 heteroatoms. The number of aliphatic imine (C=N–C) groups is 1. The molecule has 1 aromatic heterocycles. The predicted octanol–water partition coefficient (Wildman–Crippen LogP) is 1.74.